The van der Waals surface area contributed by atoms with Gasteiger partial charge in [0.05, 0.1) is 5.92 Å². The molecule has 0 unspecified atom stereocenters. The minimum atomic E-state index is 0.338. The van der Waals surface area contributed by atoms with Crippen molar-refractivity contribution in [1.29, 1.82) is 0 Å². The summed E-state index contributed by atoms with van der Waals surface area (Å²) in [6.07, 6.45) is 1.05. The Bertz CT molecular complexity index is 778. The Labute approximate surface area is 140 Å². The molecular weight excluding hydrogens is 302 g/mol. The van der Waals surface area contributed by atoms with Crippen molar-refractivity contribution < 1.29 is 9.26 Å². The average Bonchev–Trinajstić information content (AvgIpc) is 3.33. The maximum atomic E-state index is 5.75. The first kappa shape index (κ1) is 14.9. The molecule has 3 aromatic rings. The van der Waals surface area contributed by atoms with Gasteiger partial charge in [0, 0.05) is 12.1 Å². The van der Waals surface area contributed by atoms with Gasteiger partial charge in [-0.05, 0) is 30.7 Å². The first-order valence-corrected chi connectivity index (χ1v) is 8.20. The lowest BCUT2D eigenvalue weighted by Crippen LogP contribution is -2.08. The normalized spacial score (nSPS) is 17.1. The minimum absolute atomic E-state index is 0.338. The number of ether oxygens (including phenoxy) is 1. The van der Waals surface area contributed by atoms with Gasteiger partial charge < -0.3 is 14.6 Å². The Morgan fingerprint density at radius 3 is 2.67 bits per heavy atom. The molecule has 0 aliphatic carbocycles. The average molecular weight is 321 g/mol. The standard InChI is InChI=1S/C19H19N3O2/c1-2-4-17(5-3-1)23-13-14-6-8-15(9-7-14)18-21-19(24-22-18)16-10-11-20-12-16/h1-9,16,20H,10-13H2/t16-/m1/s1. The lowest BCUT2D eigenvalue weighted by molar-refractivity contribution is 0.306. The summed E-state index contributed by atoms with van der Waals surface area (Å²) in [5, 5.41) is 7.42. The van der Waals surface area contributed by atoms with Gasteiger partial charge in [-0.1, -0.05) is 47.6 Å². The quantitative estimate of drug-likeness (QED) is 0.780. The van der Waals surface area contributed by atoms with Crippen molar-refractivity contribution >= 4 is 0 Å². The number of nitrogens with one attached hydrogen (secondary N) is 1. The number of rotatable bonds is 5. The SMILES string of the molecule is c1ccc(OCc2ccc(-c3noc([C@@H]4CCNC4)n3)cc2)cc1. The molecule has 1 N–H and O–H groups in total. The van der Waals surface area contributed by atoms with Gasteiger partial charge in [-0.2, -0.15) is 4.98 Å². The van der Waals surface area contributed by atoms with Crippen LogP contribution in [0, 0.1) is 0 Å². The number of aromatic nitrogens is 2. The second kappa shape index (κ2) is 6.84. The van der Waals surface area contributed by atoms with Crippen molar-refractivity contribution in [2.75, 3.05) is 13.1 Å². The van der Waals surface area contributed by atoms with E-state index in [1.165, 1.54) is 0 Å². The second-order valence-corrected chi connectivity index (χ2v) is 5.94. The summed E-state index contributed by atoms with van der Waals surface area (Å²) < 4.78 is 11.2. The van der Waals surface area contributed by atoms with Gasteiger partial charge in [0.2, 0.25) is 11.7 Å². The zero-order valence-corrected chi connectivity index (χ0v) is 13.3. The van der Waals surface area contributed by atoms with Crippen LogP contribution in [0.5, 0.6) is 5.75 Å². The highest BCUT2D eigenvalue weighted by Crippen LogP contribution is 2.24. The largest absolute Gasteiger partial charge is 0.489 e. The molecule has 1 fully saturated rings. The van der Waals surface area contributed by atoms with Crippen molar-refractivity contribution in [2.24, 2.45) is 0 Å². The number of hydrogen-bond donors (Lipinski definition) is 1. The van der Waals surface area contributed by atoms with Gasteiger partial charge in [0.15, 0.2) is 0 Å². The highest BCUT2D eigenvalue weighted by atomic mass is 16.5. The molecule has 1 aromatic heterocycles. The van der Waals surface area contributed by atoms with E-state index in [4.69, 9.17) is 9.26 Å². The number of para-hydroxylation sites is 1. The molecule has 0 saturated carbocycles. The molecular formula is C19H19N3O2. The van der Waals surface area contributed by atoms with Crippen molar-refractivity contribution in [2.45, 2.75) is 18.9 Å². The lowest BCUT2D eigenvalue weighted by Gasteiger charge is -2.06. The molecule has 1 aliphatic rings. The summed E-state index contributed by atoms with van der Waals surface area (Å²) in [6.45, 7) is 2.46. The molecule has 5 nitrogen and oxygen atoms in total. The van der Waals surface area contributed by atoms with Gasteiger partial charge in [0.25, 0.3) is 0 Å². The summed E-state index contributed by atoms with van der Waals surface area (Å²) in [4.78, 5) is 4.54. The summed E-state index contributed by atoms with van der Waals surface area (Å²) in [5.74, 6) is 2.58. The number of benzene rings is 2. The molecule has 5 heteroatoms. The van der Waals surface area contributed by atoms with Crippen LogP contribution in [0.4, 0.5) is 0 Å². The van der Waals surface area contributed by atoms with Crippen LogP contribution in [0.25, 0.3) is 11.4 Å². The molecule has 1 saturated heterocycles. The zero-order valence-electron chi connectivity index (χ0n) is 13.3. The summed E-state index contributed by atoms with van der Waals surface area (Å²) in [6, 6.07) is 17.9. The monoisotopic (exact) mass is 321 g/mol. The second-order valence-electron chi connectivity index (χ2n) is 5.94. The van der Waals surface area contributed by atoms with Gasteiger partial charge in [-0.3, -0.25) is 0 Å². The third-order valence-electron chi connectivity index (χ3n) is 4.21. The molecule has 0 bridgehead atoms. The lowest BCUT2D eigenvalue weighted by atomic mass is 10.1. The molecule has 0 spiro atoms. The van der Waals surface area contributed by atoms with E-state index in [-0.39, 0.29) is 0 Å². The van der Waals surface area contributed by atoms with Crippen molar-refractivity contribution in [3.8, 4) is 17.1 Å². The molecule has 2 heterocycles. The highest BCUT2D eigenvalue weighted by molar-refractivity contribution is 5.54. The topological polar surface area (TPSA) is 60.2 Å². The van der Waals surface area contributed by atoms with Crippen LogP contribution < -0.4 is 10.1 Å². The fourth-order valence-electron chi connectivity index (χ4n) is 2.82. The molecule has 4 rings (SSSR count). The van der Waals surface area contributed by atoms with Crippen molar-refractivity contribution in [3.63, 3.8) is 0 Å². The zero-order chi connectivity index (χ0) is 16.2. The first-order chi connectivity index (χ1) is 11.9. The van der Waals surface area contributed by atoms with E-state index in [0.717, 1.165) is 42.3 Å². The van der Waals surface area contributed by atoms with Crippen LogP contribution in [0.1, 0.15) is 23.8 Å². The van der Waals surface area contributed by atoms with E-state index >= 15 is 0 Å². The number of nitrogens with zero attached hydrogens (tertiary/aromatic N) is 2. The fourth-order valence-corrected chi connectivity index (χ4v) is 2.82. The molecule has 24 heavy (non-hydrogen) atoms. The predicted octanol–water partition coefficient (Wildman–Crippen LogP) is 3.39. The summed E-state index contributed by atoms with van der Waals surface area (Å²) in [5.41, 5.74) is 2.06. The highest BCUT2D eigenvalue weighted by Gasteiger charge is 2.22. The minimum Gasteiger partial charge on any atom is -0.489 e. The smallest absolute Gasteiger partial charge is 0.231 e. The Morgan fingerprint density at radius 1 is 1.08 bits per heavy atom. The van der Waals surface area contributed by atoms with E-state index in [9.17, 15) is 0 Å². The van der Waals surface area contributed by atoms with Gasteiger partial charge in [-0.25, -0.2) is 0 Å². The van der Waals surface area contributed by atoms with Crippen molar-refractivity contribution in [1.82, 2.24) is 15.5 Å². The van der Waals surface area contributed by atoms with Gasteiger partial charge in [0.1, 0.15) is 12.4 Å². The maximum Gasteiger partial charge on any atom is 0.231 e. The molecule has 0 amide bonds. The Kier molecular flexibility index (Phi) is 4.25. The Hall–Kier alpha value is -2.66. The first-order valence-electron chi connectivity index (χ1n) is 8.20. The van der Waals surface area contributed by atoms with Crippen LogP contribution in [-0.2, 0) is 6.61 Å². The van der Waals surface area contributed by atoms with E-state index in [1.807, 2.05) is 54.6 Å². The molecule has 1 atom stereocenters. The molecule has 0 radical (unpaired) electrons. The van der Waals surface area contributed by atoms with E-state index in [2.05, 4.69) is 15.5 Å². The summed E-state index contributed by atoms with van der Waals surface area (Å²) in [7, 11) is 0. The molecule has 122 valence electrons. The molecule has 2 aromatic carbocycles. The van der Waals surface area contributed by atoms with Crippen LogP contribution in [-0.4, -0.2) is 23.2 Å². The Balaban J connectivity index is 1.42. The Morgan fingerprint density at radius 2 is 1.92 bits per heavy atom. The van der Waals surface area contributed by atoms with Crippen molar-refractivity contribution in [3.05, 3.63) is 66.1 Å². The van der Waals surface area contributed by atoms with E-state index in [1.54, 1.807) is 0 Å². The number of hydrogen-bond acceptors (Lipinski definition) is 5. The van der Waals surface area contributed by atoms with Gasteiger partial charge in [-0.15, -0.1) is 0 Å². The maximum absolute atomic E-state index is 5.75. The van der Waals surface area contributed by atoms with E-state index < -0.39 is 0 Å². The molecule has 1 aliphatic heterocycles. The summed E-state index contributed by atoms with van der Waals surface area (Å²) >= 11 is 0. The van der Waals surface area contributed by atoms with Gasteiger partial charge >= 0.3 is 0 Å². The van der Waals surface area contributed by atoms with E-state index in [0.29, 0.717) is 18.3 Å². The van der Waals surface area contributed by atoms with Crippen LogP contribution in [0.15, 0.2) is 59.1 Å². The third kappa shape index (κ3) is 3.31. The fraction of sp³-hybridized carbons (Fsp3) is 0.263. The predicted molar refractivity (Wildman–Crippen MR) is 90.7 cm³/mol. The van der Waals surface area contributed by atoms with Crippen LogP contribution in [0.2, 0.25) is 0 Å². The van der Waals surface area contributed by atoms with Crippen LogP contribution in [0.3, 0.4) is 0 Å². The third-order valence-corrected chi connectivity index (χ3v) is 4.21. The van der Waals surface area contributed by atoms with Crippen LogP contribution >= 0.6 is 0 Å².